The van der Waals surface area contributed by atoms with Crippen LogP contribution >= 0.6 is 0 Å². The van der Waals surface area contributed by atoms with Crippen LogP contribution in [-0.2, 0) is 9.53 Å². The van der Waals surface area contributed by atoms with Crippen molar-refractivity contribution in [3.8, 4) is 0 Å². The van der Waals surface area contributed by atoms with Gasteiger partial charge in [-0.25, -0.2) is 4.79 Å². The van der Waals surface area contributed by atoms with Crippen LogP contribution in [0.1, 0.15) is 12.8 Å². The Hall–Kier alpha value is -1.14. The molecule has 0 atom stereocenters. The number of carbonyl (C=O) groups excluding carboxylic acids is 2. The van der Waals surface area contributed by atoms with Crippen molar-refractivity contribution in [1.29, 1.82) is 0 Å². The van der Waals surface area contributed by atoms with Crippen molar-refractivity contribution in [2.24, 2.45) is 5.73 Å². The molecule has 0 bridgehead atoms. The molecule has 1 aliphatic heterocycles. The number of imide groups is 1. The van der Waals surface area contributed by atoms with Gasteiger partial charge in [-0.05, 0) is 12.8 Å². The van der Waals surface area contributed by atoms with Crippen LogP contribution in [0.3, 0.4) is 0 Å². The highest BCUT2D eigenvalue weighted by molar-refractivity contribution is 5.94. The van der Waals surface area contributed by atoms with Crippen molar-refractivity contribution in [1.82, 2.24) is 10.6 Å². The fraction of sp³-hybridized carbons (Fsp3) is 0.750. The summed E-state index contributed by atoms with van der Waals surface area (Å²) < 4.78 is 5.16. The molecular weight excluding hydrogens is 186 g/mol. The Morgan fingerprint density at radius 1 is 1.36 bits per heavy atom. The number of hydrogen-bond donors (Lipinski definition) is 3. The molecule has 1 fully saturated rings. The quantitative estimate of drug-likeness (QED) is 0.543. The van der Waals surface area contributed by atoms with Gasteiger partial charge in [-0.3, -0.25) is 10.1 Å². The summed E-state index contributed by atoms with van der Waals surface area (Å²) in [6.07, 6.45) is 1.79. The minimum atomic E-state index is -0.816. The average Bonchev–Trinajstić information content (AvgIpc) is 2.15. The van der Waals surface area contributed by atoms with Gasteiger partial charge in [0.05, 0.1) is 6.54 Å². The van der Waals surface area contributed by atoms with E-state index in [1.54, 1.807) is 0 Å². The fourth-order valence-corrected chi connectivity index (χ4v) is 1.32. The lowest BCUT2D eigenvalue weighted by Gasteiger charge is -2.22. The first-order valence-corrected chi connectivity index (χ1v) is 4.59. The van der Waals surface area contributed by atoms with Gasteiger partial charge < -0.3 is 15.8 Å². The van der Waals surface area contributed by atoms with Gasteiger partial charge in [0.15, 0.2) is 0 Å². The molecule has 0 unspecified atom stereocenters. The van der Waals surface area contributed by atoms with E-state index in [2.05, 4.69) is 5.32 Å². The number of primary amides is 1. The van der Waals surface area contributed by atoms with Crippen molar-refractivity contribution in [3.63, 3.8) is 0 Å². The van der Waals surface area contributed by atoms with Crippen molar-refractivity contribution < 1.29 is 14.3 Å². The predicted octanol–water partition coefficient (Wildman–Crippen LogP) is -1.05. The lowest BCUT2D eigenvalue weighted by atomic mass is 10.1. The minimum absolute atomic E-state index is 0.119. The van der Waals surface area contributed by atoms with Crippen molar-refractivity contribution in [2.75, 3.05) is 19.8 Å². The molecule has 1 saturated heterocycles. The van der Waals surface area contributed by atoms with E-state index in [9.17, 15) is 9.59 Å². The molecule has 0 aliphatic carbocycles. The Kier molecular flexibility index (Phi) is 4.34. The third kappa shape index (κ3) is 4.20. The van der Waals surface area contributed by atoms with Gasteiger partial charge in [0.1, 0.15) is 0 Å². The van der Waals surface area contributed by atoms with E-state index >= 15 is 0 Å². The third-order valence-electron chi connectivity index (χ3n) is 2.04. The van der Waals surface area contributed by atoms with E-state index in [1.165, 1.54) is 0 Å². The number of hydrogen-bond acceptors (Lipinski definition) is 4. The van der Waals surface area contributed by atoms with E-state index in [0.717, 1.165) is 26.1 Å². The Bertz CT molecular complexity index is 214. The molecule has 3 amide bonds. The highest BCUT2D eigenvalue weighted by atomic mass is 16.5. The van der Waals surface area contributed by atoms with Crippen LogP contribution in [0.25, 0.3) is 0 Å². The lowest BCUT2D eigenvalue weighted by Crippen LogP contribution is -2.44. The van der Waals surface area contributed by atoms with E-state index in [1.807, 2.05) is 5.32 Å². The maximum Gasteiger partial charge on any atom is 0.318 e. The molecule has 0 aromatic carbocycles. The number of urea groups is 1. The van der Waals surface area contributed by atoms with Crippen LogP contribution in [0.4, 0.5) is 4.79 Å². The molecule has 6 nitrogen and oxygen atoms in total. The standard InChI is InChI=1S/C8H15N3O3/c9-8(13)11-7(12)5-10-6-1-3-14-4-2-6/h6,10H,1-5H2,(H3,9,11,12,13). The summed E-state index contributed by atoms with van der Waals surface area (Å²) >= 11 is 0. The van der Waals surface area contributed by atoms with Gasteiger partial charge >= 0.3 is 6.03 Å². The van der Waals surface area contributed by atoms with Crippen LogP contribution in [-0.4, -0.2) is 37.7 Å². The molecule has 80 valence electrons. The van der Waals surface area contributed by atoms with Gasteiger partial charge in [-0.15, -0.1) is 0 Å². The molecular formula is C8H15N3O3. The van der Waals surface area contributed by atoms with Crippen LogP contribution < -0.4 is 16.4 Å². The van der Waals surface area contributed by atoms with Gasteiger partial charge in [0.2, 0.25) is 5.91 Å². The van der Waals surface area contributed by atoms with Crippen molar-refractivity contribution in [3.05, 3.63) is 0 Å². The number of nitrogens with two attached hydrogens (primary N) is 1. The smallest absolute Gasteiger partial charge is 0.318 e. The number of ether oxygens (including phenoxy) is 1. The number of amides is 3. The Labute approximate surface area is 82.2 Å². The molecule has 1 rings (SSSR count). The number of rotatable bonds is 3. The summed E-state index contributed by atoms with van der Waals surface area (Å²) in [7, 11) is 0. The maximum absolute atomic E-state index is 11.0. The van der Waals surface area contributed by atoms with E-state index in [0.29, 0.717) is 6.04 Å². The molecule has 0 aromatic heterocycles. The Morgan fingerprint density at radius 3 is 2.57 bits per heavy atom. The van der Waals surface area contributed by atoms with Crippen LogP contribution in [0, 0.1) is 0 Å². The van der Waals surface area contributed by atoms with Gasteiger partial charge in [-0.1, -0.05) is 0 Å². The number of nitrogens with one attached hydrogen (secondary N) is 2. The maximum atomic E-state index is 11.0. The van der Waals surface area contributed by atoms with Gasteiger partial charge in [0.25, 0.3) is 0 Å². The summed E-state index contributed by atoms with van der Waals surface area (Å²) in [5.74, 6) is -0.399. The summed E-state index contributed by atoms with van der Waals surface area (Å²) in [5, 5.41) is 5.02. The van der Waals surface area contributed by atoms with E-state index in [-0.39, 0.29) is 6.54 Å². The van der Waals surface area contributed by atoms with Crippen LogP contribution in [0.15, 0.2) is 0 Å². The minimum Gasteiger partial charge on any atom is -0.381 e. The predicted molar refractivity (Wildman–Crippen MR) is 49.6 cm³/mol. The summed E-state index contributed by atoms with van der Waals surface area (Å²) in [4.78, 5) is 21.3. The highest BCUT2D eigenvalue weighted by Gasteiger charge is 2.14. The van der Waals surface area contributed by atoms with Gasteiger partial charge in [-0.2, -0.15) is 0 Å². The second kappa shape index (κ2) is 5.56. The fourth-order valence-electron chi connectivity index (χ4n) is 1.32. The average molecular weight is 201 g/mol. The molecule has 0 aromatic rings. The molecule has 1 heterocycles. The second-order valence-corrected chi connectivity index (χ2v) is 3.18. The molecule has 0 radical (unpaired) electrons. The zero-order valence-electron chi connectivity index (χ0n) is 7.91. The van der Waals surface area contributed by atoms with Crippen molar-refractivity contribution in [2.45, 2.75) is 18.9 Å². The lowest BCUT2D eigenvalue weighted by molar-refractivity contribution is -0.119. The Balaban J connectivity index is 2.12. The molecule has 0 saturated carbocycles. The van der Waals surface area contributed by atoms with E-state index < -0.39 is 11.9 Å². The zero-order chi connectivity index (χ0) is 10.4. The monoisotopic (exact) mass is 201 g/mol. The molecule has 14 heavy (non-hydrogen) atoms. The third-order valence-corrected chi connectivity index (χ3v) is 2.04. The SMILES string of the molecule is NC(=O)NC(=O)CNC1CCOCC1. The first-order valence-electron chi connectivity index (χ1n) is 4.59. The van der Waals surface area contributed by atoms with Gasteiger partial charge in [0, 0.05) is 19.3 Å². The molecule has 4 N–H and O–H groups in total. The molecule has 6 heteroatoms. The first kappa shape index (κ1) is 10.9. The largest absolute Gasteiger partial charge is 0.381 e. The molecule has 0 spiro atoms. The van der Waals surface area contributed by atoms with Crippen LogP contribution in [0.2, 0.25) is 0 Å². The van der Waals surface area contributed by atoms with E-state index in [4.69, 9.17) is 10.5 Å². The highest BCUT2D eigenvalue weighted by Crippen LogP contribution is 2.05. The normalized spacial score (nSPS) is 17.7. The van der Waals surface area contributed by atoms with Crippen LogP contribution in [0.5, 0.6) is 0 Å². The Morgan fingerprint density at radius 2 is 2.00 bits per heavy atom. The number of carbonyl (C=O) groups is 2. The summed E-state index contributed by atoms with van der Waals surface area (Å²) in [6.45, 7) is 1.55. The summed E-state index contributed by atoms with van der Waals surface area (Å²) in [6, 6.07) is -0.522. The zero-order valence-corrected chi connectivity index (χ0v) is 7.91. The first-order chi connectivity index (χ1) is 6.68. The molecule has 1 aliphatic rings. The topological polar surface area (TPSA) is 93.5 Å². The second-order valence-electron chi connectivity index (χ2n) is 3.18. The van der Waals surface area contributed by atoms with Crippen molar-refractivity contribution >= 4 is 11.9 Å². The summed E-state index contributed by atoms with van der Waals surface area (Å²) in [5.41, 5.74) is 4.78.